The molecule has 1 aromatic carbocycles. The van der Waals surface area contributed by atoms with E-state index in [1.807, 2.05) is 25.9 Å². The molecule has 0 bridgehead atoms. The molecule has 0 fully saturated rings. The number of hydrogen-bond acceptors (Lipinski definition) is 7. The molecule has 2 heterocycles. The third kappa shape index (κ3) is 5.05. The van der Waals surface area contributed by atoms with Gasteiger partial charge in [0, 0.05) is 32.3 Å². The van der Waals surface area contributed by atoms with Gasteiger partial charge in [-0.25, -0.2) is 4.98 Å². The molecule has 1 aliphatic heterocycles. The van der Waals surface area contributed by atoms with Crippen LogP contribution >= 0.6 is 0 Å². The topological polar surface area (TPSA) is 117 Å². The summed E-state index contributed by atoms with van der Waals surface area (Å²) >= 11 is 0. The molecule has 2 aromatic rings. The van der Waals surface area contributed by atoms with Crippen LogP contribution in [-0.4, -0.2) is 84.7 Å². The van der Waals surface area contributed by atoms with Crippen LogP contribution < -0.4 is 9.46 Å². The number of para-hydroxylation sites is 1. The fourth-order valence-electron chi connectivity index (χ4n) is 3.63. The smallest absolute Gasteiger partial charge is 0.281 e. The summed E-state index contributed by atoms with van der Waals surface area (Å²) < 4.78 is 36.2. The highest BCUT2D eigenvalue weighted by Crippen LogP contribution is 2.35. The second-order valence-electron chi connectivity index (χ2n) is 8.55. The number of ether oxygens (including phenoxy) is 1. The number of rotatable bonds is 7. The summed E-state index contributed by atoms with van der Waals surface area (Å²) in [6, 6.07) is 4.37. The van der Waals surface area contributed by atoms with Gasteiger partial charge in [0.1, 0.15) is 6.10 Å². The summed E-state index contributed by atoms with van der Waals surface area (Å²) in [6.07, 6.45) is 2.47. The molecule has 11 heteroatoms. The predicted octanol–water partition coefficient (Wildman–Crippen LogP) is 1.00. The fourth-order valence-corrected chi connectivity index (χ4v) is 4.67. The Morgan fingerprint density at radius 1 is 1.38 bits per heavy atom. The molecule has 1 amide bonds. The van der Waals surface area contributed by atoms with E-state index in [1.165, 1.54) is 17.1 Å². The van der Waals surface area contributed by atoms with Crippen LogP contribution in [0.25, 0.3) is 0 Å². The van der Waals surface area contributed by atoms with Crippen LogP contribution in [-0.2, 0) is 17.1 Å². The number of carbonyl (C=O) groups is 1. The number of aromatic nitrogens is 2. The molecular formula is C21H31N5O5S. The van der Waals surface area contributed by atoms with Crippen LogP contribution in [0.1, 0.15) is 24.2 Å². The van der Waals surface area contributed by atoms with Crippen molar-refractivity contribution in [2.75, 3.05) is 38.5 Å². The molecule has 1 aliphatic rings. The Morgan fingerprint density at radius 3 is 2.69 bits per heavy atom. The van der Waals surface area contributed by atoms with E-state index in [2.05, 4.69) is 9.71 Å². The van der Waals surface area contributed by atoms with Gasteiger partial charge in [-0.1, -0.05) is 13.0 Å². The van der Waals surface area contributed by atoms with E-state index in [4.69, 9.17) is 4.74 Å². The molecule has 2 N–H and O–H groups in total. The van der Waals surface area contributed by atoms with Crippen molar-refractivity contribution in [1.29, 1.82) is 0 Å². The Kier molecular flexibility index (Phi) is 7.11. The second kappa shape index (κ2) is 9.47. The number of amides is 1. The Hall–Kier alpha value is -2.63. The molecule has 0 unspecified atom stereocenters. The lowest BCUT2D eigenvalue weighted by Crippen LogP contribution is -2.49. The molecule has 0 radical (unpaired) electrons. The zero-order valence-corrected chi connectivity index (χ0v) is 19.8. The number of aliphatic hydroxyl groups excluding tert-OH is 1. The highest BCUT2D eigenvalue weighted by Gasteiger charge is 2.34. The van der Waals surface area contributed by atoms with Crippen molar-refractivity contribution in [1.82, 2.24) is 19.4 Å². The van der Waals surface area contributed by atoms with Crippen LogP contribution in [0.2, 0.25) is 0 Å². The lowest BCUT2D eigenvalue weighted by molar-refractivity contribution is 0.0366. The van der Waals surface area contributed by atoms with Gasteiger partial charge in [-0.05, 0) is 33.2 Å². The van der Waals surface area contributed by atoms with Gasteiger partial charge in [0.05, 0.1) is 30.2 Å². The number of carbonyl (C=O) groups excluding carboxylic acids is 1. The third-order valence-corrected chi connectivity index (χ3v) is 6.69. The van der Waals surface area contributed by atoms with Crippen molar-refractivity contribution in [3.8, 4) is 5.75 Å². The monoisotopic (exact) mass is 465 g/mol. The number of nitrogens with one attached hydrogen (secondary N) is 1. The molecule has 176 valence electrons. The molecule has 0 aliphatic carbocycles. The fraction of sp³-hybridized carbons (Fsp3) is 0.524. The van der Waals surface area contributed by atoms with Crippen molar-refractivity contribution < 1.29 is 23.1 Å². The molecule has 1 aromatic heterocycles. The predicted molar refractivity (Wildman–Crippen MR) is 120 cm³/mol. The van der Waals surface area contributed by atoms with E-state index < -0.39 is 16.1 Å². The van der Waals surface area contributed by atoms with E-state index in [9.17, 15) is 18.3 Å². The number of aryl methyl sites for hydroxylation is 1. The Bertz CT molecular complexity index is 1070. The highest BCUT2D eigenvalue weighted by atomic mass is 32.2. The number of likely N-dealkylation sites (N-methyl/N-ethyl adjacent to an activating group) is 1. The maximum atomic E-state index is 13.4. The number of benzene rings is 1. The molecule has 0 saturated heterocycles. The van der Waals surface area contributed by atoms with Crippen LogP contribution in [0.15, 0.2) is 35.7 Å². The number of fused-ring (bicyclic) bond motifs is 1. The first kappa shape index (κ1) is 24.0. The highest BCUT2D eigenvalue weighted by molar-refractivity contribution is 7.92. The Balaban J connectivity index is 2.09. The molecule has 10 nitrogen and oxygen atoms in total. The lowest BCUT2D eigenvalue weighted by atomic mass is 9.99. The standard InChI is InChI=1S/C21H31N5O5S/c1-14-9-26(15(2)12-27)21(28)16-7-6-8-17(20(16)31-18(14)10-24(3)4)23-32(29,30)19-11-25(5)13-22-19/h6-8,11,13-15,18,23,27H,9-10,12H2,1-5H3/t14-,15+,18-/m1/s1. The van der Waals surface area contributed by atoms with Crippen LogP contribution in [0.5, 0.6) is 5.75 Å². The summed E-state index contributed by atoms with van der Waals surface area (Å²) in [5.74, 6) is -0.218. The minimum absolute atomic E-state index is 0.0658. The molecular weight excluding hydrogens is 434 g/mol. The maximum Gasteiger partial charge on any atom is 0.281 e. The van der Waals surface area contributed by atoms with E-state index in [0.717, 1.165) is 0 Å². The van der Waals surface area contributed by atoms with Crippen LogP contribution in [0.3, 0.4) is 0 Å². The number of hydrogen-bond donors (Lipinski definition) is 2. The van der Waals surface area contributed by atoms with E-state index in [-0.39, 0.29) is 46.6 Å². The van der Waals surface area contributed by atoms with Gasteiger partial charge < -0.3 is 24.2 Å². The number of imidazole rings is 1. The number of sulfonamides is 1. The normalized spacial score (nSPS) is 20.3. The average Bonchev–Trinajstić information content (AvgIpc) is 3.17. The quantitative estimate of drug-likeness (QED) is 0.627. The molecule has 32 heavy (non-hydrogen) atoms. The maximum absolute atomic E-state index is 13.4. The van der Waals surface area contributed by atoms with Gasteiger partial charge in [0.2, 0.25) is 0 Å². The van der Waals surface area contributed by atoms with Crippen molar-refractivity contribution in [2.45, 2.75) is 31.0 Å². The zero-order chi connectivity index (χ0) is 23.6. The van der Waals surface area contributed by atoms with Gasteiger partial charge in [0.25, 0.3) is 15.9 Å². The summed E-state index contributed by atoms with van der Waals surface area (Å²) in [4.78, 5) is 20.9. The first-order valence-corrected chi connectivity index (χ1v) is 11.9. The van der Waals surface area contributed by atoms with Crippen molar-refractivity contribution in [3.63, 3.8) is 0 Å². The largest absolute Gasteiger partial charge is 0.486 e. The first-order chi connectivity index (χ1) is 15.0. The van der Waals surface area contributed by atoms with Crippen LogP contribution in [0, 0.1) is 5.92 Å². The number of anilines is 1. The van der Waals surface area contributed by atoms with Gasteiger partial charge in [-0.15, -0.1) is 0 Å². The van der Waals surface area contributed by atoms with E-state index in [1.54, 1.807) is 37.1 Å². The van der Waals surface area contributed by atoms with Crippen LogP contribution in [0.4, 0.5) is 5.69 Å². The molecule has 0 spiro atoms. The summed E-state index contributed by atoms with van der Waals surface area (Å²) in [6.45, 7) is 4.55. The van der Waals surface area contributed by atoms with E-state index >= 15 is 0 Å². The third-order valence-electron chi connectivity index (χ3n) is 5.44. The van der Waals surface area contributed by atoms with Gasteiger partial charge in [0.15, 0.2) is 10.8 Å². The van der Waals surface area contributed by atoms with Gasteiger partial charge >= 0.3 is 0 Å². The van der Waals surface area contributed by atoms with Crippen molar-refractivity contribution >= 4 is 21.6 Å². The molecule has 3 atom stereocenters. The summed E-state index contributed by atoms with van der Waals surface area (Å²) in [5.41, 5.74) is 0.401. The SMILES string of the molecule is C[C@@H]1CN([C@@H](C)CO)C(=O)c2cccc(NS(=O)(=O)c3cn(C)cn3)c2O[C@@H]1CN(C)C. The van der Waals surface area contributed by atoms with Crippen molar-refractivity contribution in [2.24, 2.45) is 13.0 Å². The Morgan fingerprint density at radius 2 is 2.09 bits per heavy atom. The first-order valence-electron chi connectivity index (χ1n) is 10.4. The lowest BCUT2D eigenvalue weighted by Gasteiger charge is -2.38. The van der Waals surface area contributed by atoms with Crippen molar-refractivity contribution in [3.05, 3.63) is 36.3 Å². The minimum atomic E-state index is -3.99. The average molecular weight is 466 g/mol. The minimum Gasteiger partial charge on any atom is -0.486 e. The molecule has 3 rings (SSSR count). The second-order valence-corrected chi connectivity index (χ2v) is 10.2. The summed E-state index contributed by atoms with van der Waals surface area (Å²) in [7, 11) is 1.53. The zero-order valence-electron chi connectivity index (χ0n) is 19.0. The van der Waals surface area contributed by atoms with Gasteiger partial charge in [-0.2, -0.15) is 8.42 Å². The van der Waals surface area contributed by atoms with Gasteiger partial charge in [-0.3, -0.25) is 9.52 Å². The number of aliphatic hydroxyl groups is 1. The van der Waals surface area contributed by atoms with E-state index in [0.29, 0.717) is 13.1 Å². The Labute approximate surface area is 188 Å². The summed E-state index contributed by atoms with van der Waals surface area (Å²) in [5, 5.41) is 9.58. The number of nitrogens with zero attached hydrogens (tertiary/aromatic N) is 4. The molecule has 0 saturated carbocycles.